The van der Waals surface area contributed by atoms with E-state index < -0.39 is 0 Å². The Bertz CT molecular complexity index is 301. The summed E-state index contributed by atoms with van der Waals surface area (Å²) >= 11 is 5.60. The van der Waals surface area contributed by atoms with Gasteiger partial charge < -0.3 is 4.74 Å². The van der Waals surface area contributed by atoms with Gasteiger partial charge in [-0.2, -0.15) is 0 Å². The molecule has 0 saturated carbocycles. The summed E-state index contributed by atoms with van der Waals surface area (Å²) in [6, 6.07) is 3.06. The molecule has 0 saturated heterocycles. The number of halogens is 1. The van der Waals surface area contributed by atoms with Gasteiger partial charge in [0.25, 0.3) is 0 Å². The van der Waals surface area contributed by atoms with Crippen molar-refractivity contribution in [3.05, 3.63) is 29.0 Å². The van der Waals surface area contributed by atoms with Crippen LogP contribution in [0.5, 0.6) is 0 Å². The number of pyridine rings is 1. The third-order valence-electron chi connectivity index (χ3n) is 1.40. The highest BCUT2D eigenvalue weighted by Gasteiger charge is 2.06. The van der Waals surface area contributed by atoms with Gasteiger partial charge in [0.1, 0.15) is 5.15 Å². The zero-order valence-electron chi connectivity index (χ0n) is 7.29. The molecule has 1 heterocycles. The number of hydrogen-bond acceptors (Lipinski definition) is 3. The first kappa shape index (κ1) is 9.99. The Morgan fingerprint density at radius 2 is 2.46 bits per heavy atom. The Morgan fingerprint density at radius 1 is 1.69 bits per heavy atom. The Balaban J connectivity index is 2.66. The van der Waals surface area contributed by atoms with E-state index in [2.05, 4.69) is 4.98 Å². The van der Waals surface area contributed by atoms with Crippen LogP contribution >= 0.6 is 11.6 Å². The first-order chi connectivity index (χ1) is 6.24. The monoisotopic (exact) mass is 199 g/mol. The largest absolute Gasteiger partial charge is 0.462 e. The summed E-state index contributed by atoms with van der Waals surface area (Å²) in [6.45, 7) is 2.37. The maximum absolute atomic E-state index is 11.2. The van der Waals surface area contributed by atoms with E-state index in [1.165, 1.54) is 12.3 Å². The van der Waals surface area contributed by atoms with Crippen LogP contribution in [-0.2, 0) is 4.74 Å². The van der Waals surface area contributed by atoms with Crippen molar-refractivity contribution in [3.8, 4) is 0 Å². The molecule has 0 unspecified atom stereocenters. The van der Waals surface area contributed by atoms with Gasteiger partial charge in [0.15, 0.2) is 0 Å². The van der Waals surface area contributed by atoms with Crippen LogP contribution in [0.3, 0.4) is 0 Å². The number of carbonyl (C=O) groups is 1. The van der Waals surface area contributed by atoms with Gasteiger partial charge in [-0.25, -0.2) is 9.78 Å². The van der Waals surface area contributed by atoms with Crippen LogP contribution in [0, 0.1) is 0 Å². The lowest BCUT2D eigenvalue weighted by atomic mass is 10.3. The van der Waals surface area contributed by atoms with Crippen molar-refractivity contribution in [2.24, 2.45) is 0 Å². The molecule has 70 valence electrons. The van der Waals surface area contributed by atoms with Gasteiger partial charge in [-0.3, -0.25) is 0 Å². The van der Waals surface area contributed by atoms with Gasteiger partial charge in [-0.15, -0.1) is 0 Å². The molecular weight excluding hydrogens is 190 g/mol. The third-order valence-corrected chi connectivity index (χ3v) is 1.61. The molecule has 1 aromatic rings. The van der Waals surface area contributed by atoms with Crippen LogP contribution in [0.1, 0.15) is 23.7 Å². The lowest BCUT2D eigenvalue weighted by molar-refractivity contribution is 0.0505. The Hall–Kier alpha value is -1.09. The summed E-state index contributed by atoms with van der Waals surface area (Å²) < 4.78 is 4.91. The van der Waals surface area contributed by atoms with Crippen molar-refractivity contribution in [2.75, 3.05) is 6.61 Å². The molecule has 3 nitrogen and oxygen atoms in total. The van der Waals surface area contributed by atoms with Crippen molar-refractivity contribution in [3.63, 3.8) is 0 Å². The molecule has 13 heavy (non-hydrogen) atoms. The molecule has 0 radical (unpaired) electrons. The molecule has 0 fully saturated rings. The molecule has 0 aliphatic rings. The number of esters is 1. The first-order valence-electron chi connectivity index (χ1n) is 4.02. The number of ether oxygens (including phenoxy) is 1. The van der Waals surface area contributed by atoms with E-state index in [1.54, 1.807) is 6.07 Å². The number of carbonyl (C=O) groups excluding carboxylic acids is 1. The molecule has 1 rings (SSSR count). The zero-order valence-corrected chi connectivity index (χ0v) is 8.04. The fourth-order valence-electron chi connectivity index (χ4n) is 0.808. The van der Waals surface area contributed by atoms with Crippen LogP contribution in [0.4, 0.5) is 0 Å². The predicted octanol–water partition coefficient (Wildman–Crippen LogP) is 2.30. The smallest absolute Gasteiger partial charge is 0.338 e. The van der Waals surface area contributed by atoms with Crippen molar-refractivity contribution < 1.29 is 9.53 Å². The van der Waals surface area contributed by atoms with Crippen molar-refractivity contribution in [1.29, 1.82) is 0 Å². The second kappa shape index (κ2) is 4.82. The fraction of sp³-hybridized carbons (Fsp3) is 0.333. The van der Waals surface area contributed by atoms with Crippen LogP contribution in [0.2, 0.25) is 5.15 Å². The third kappa shape index (κ3) is 3.03. The van der Waals surface area contributed by atoms with Crippen molar-refractivity contribution in [2.45, 2.75) is 13.3 Å². The summed E-state index contributed by atoms with van der Waals surface area (Å²) in [5.41, 5.74) is 0.438. The summed E-state index contributed by atoms with van der Waals surface area (Å²) in [5, 5.41) is 0.297. The van der Waals surface area contributed by atoms with Crippen LogP contribution in [0.15, 0.2) is 18.3 Å². The minimum absolute atomic E-state index is 0.297. The van der Waals surface area contributed by atoms with Crippen LogP contribution in [-0.4, -0.2) is 17.6 Å². The fourth-order valence-corrected chi connectivity index (χ4v) is 0.981. The molecule has 0 aliphatic heterocycles. The second-order valence-electron chi connectivity index (χ2n) is 2.50. The van der Waals surface area contributed by atoms with Crippen LogP contribution in [0.25, 0.3) is 0 Å². The second-order valence-corrected chi connectivity index (χ2v) is 2.89. The highest BCUT2D eigenvalue weighted by Crippen LogP contribution is 2.08. The molecule has 4 heteroatoms. The number of aromatic nitrogens is 1. The number of nitrogens with zero attached hydrogens (tertiary/aromatic N) is 1. The first-order valence-corrected chi connectivity index (χ1v) is 4.40. The van der Waals surface area contributed by atoms with Gasteiger partial charge in [-0.05, 0) is 18.6 Å². The lowest BCUT2D eigenvalue weighted by Gasteiger charge is -2.02. The van der Waals surface area contributed by atoms with Gasteiger partial charge in [0, 0.05) is 6.20 Å². The highest BCUT2D eigenvalue weighted by atomic mass is 35.5. The Morgan fingerprint density at radius 3 is 3.08 bits per heavy atom. The molecule has 0 amide bonds. The van der Waals surface area contributed by atoms with E-state index in [-0.39, 0.29) is 5.97 Å². The van der Waals surface area contributed by atoms with Crippen molar-refractivity contribution in [1.82, 2.24) is 4.98 Å². The average molecular weight is 200 g/mol. The van der Waals surface area contributed by atoms with Gasteiger partial charge in [0.05, 0.1) is 12.2 Å². The van der Waals surface area contributed by atoms with E-state index in [0.29, 0.717) is 17.3 Å². The summed E-state index contributed by atoms with van der Waals surface area (Å²) in [4.78, 5) is 15.0. The maximum Gasteiger partial charge on any atom is 0.338 e. The van der Waals surface area contributed by atoms with Gasteiger partial charge in [0.2, 0.25) is 0 Å². The Labute approximate surface area is 81.7 Å². The lowest BCUT2D eigenvalue weighted by Crippen LogP contribution is -2.05. The quantitative estimate of drug-likeness (QED) is 0.554. The van der Waals surface area contributed by atoms with E-state index >= 15 is 0 Å². The number of rotatable bonds is 3. The maximum atomic E-state index is 11.2. The van der Waals surface area contributed by atoms with E-state index in [0.717, 1.165) is 6.42 Å². The molecule has 0 spiro atoms. The summed E-state index contributed by atoms with van der Waals surface area (Å²) in [6.07, 6.45) is 2.29. The average Bonchev–Trinajstić information content (AvgIpc) is 2.14. The standard InChI is InChI=1S/C9H10ClNO2/c1-2-5-13-9(12)7-3-4-11-8(10)6-7/h3-4,6H,2,5H2,1H3. The van der Waals surface area contributed by atoms with Crippen molar-refractivity contribution >= 4 is 17.6 Å². The highest BCUT2D eigenvalue weighted by molar-refractivity contribution is 6.29. The van der Waals surface area contributed by atoms with E-state index in [4.69, 9.17) is 16.3 Å². The topological polar surface area (TPSA) is 39.2 Å². The minimum Gasteiger partial charge on any atom is -0.462 e. The van der Waals surface area contributed by atoms with Gasteiger partial charge >= 0.3 is 5.97 Å². The van der Waals surface area contributed by atoms with Gasteiger partial charge in [-0.1, -0.05) is 18.5 Å². The van der Waals surface area contributed by atoms with E-state index in [9.17, 15) is 4.79 Å². The zero-order chi connectivity index (χ0) is 9.68. The Kier molecular flexibility index (Phi) is 3.71. The molecule has 0 aromatic carbocycles. The normalized spacial score (nSPS) is 9.69. The van der Waals surface area contributed by atoms with Crippen LogP contribution < -0.4 is 0 Å². The molecule has 0 aliphatic carbocycles. The molecule has 0 N–H and O–H groups in total. The van der Waals surface area contributed by atoms with E-state index in [1.807, 2.05) is 6.92 Å². The number of hydrogen-bond donors (Lipinski definition) is 0. The summed E-state index contributed by atoms with van der Waals surface area (Å²) in [5.74, 6) is -0.355. The molecule has 0 bridgehead atoms. The molecular formula is C9H10ClNO2. The summed E-state index contributed by atoms with van der Waals surface area (Å²) in [7, 11) is 0. The molecule has 0 atom stereocenters. The predicted molar refractivity (Wildman–Crippen MR) is 49.8 cm³/mol. The molecule has 1 aromatic heterocycles. The minimum atomic E-state index is -0.355. The SMILES string of the molecule is CCCOC(=O)c1ccnc(Cl)c1.